The Kier molecular flexibility index (Phi) is 1.63. The topological polar surface area (TPSA) is 86.6 Å². The lowest BCUT2D eigenvalue weighted by Crippen LogP contribution is -2.18. The Balaban J connectivity index is 2.51. The molecule has 0 aromatic carbocycles. The van der Waals surface area contributed by atoms with E-state index in [1.165, 1.54) is 0 Å². The average Bonchev–Trinajstić information content (AvgIpc) is 2.44. The Morgan fingerprint density at radius 2 is 2.31 bits per heavy atom. The van der Waals surface area contributed by atoms with Gasteiger partial charge in [0.25, 0.3) is 0 Å². The number of nitrogens with zero attached hydrogens (tertiary/aromatic N) is 2. The van der Waals surface area contributed by atoms with Gasteiger partial charge in [-0.15, -0.1) is 0 Å². The van der Waals surface area contributed by atoms with Gasteiger partial charge in [0.05, 0.1) is 17.2 Å². The highest BCUT2D eigenvalue weighted by Gasteiger charge is 2.25. The minimum absolute atomic E-state index is 0.0169. The van der Waals surface area contributed by atoms with Crippen LogP contribution in [0.1, 0.15) is 17.0 Å². The van der Waals surface area contributed by atoms with Gasteiger partial charge in [0.1, 0.15) is 6.07 Å². The van der Waals surface area contributed by atoms with Crippen LogP contribution in [-0.2, 0) is 22.0 Å². The number of rotatable bonds is 0. The lowest BCUT2D eigenvalue weighted by molar-refractivity contribution is 0.591. The highest BCUT2D eigenvalue weighted by atomic mass is 32.2. The first-order valence-corrected chi connectivity index (χ1v) is 5.61. The Labute approximate surface area is 75.3 Å². The Bertz CT molecular complexity index is 480. The fraction of sp³-hybridized carbons (Fsp3) is 0.429. The molecular weight excluding hydrogens is 190 g/mol. The van der Waals surface area contributed by atoms with E-state index < -0.39 is 9.84 Å². The molecule has 1 aliphatic rings. The third-order valence-electron chi connectivity index (χ3n) is 2.09. The predicted molar refractivity (Wildman–Crippen MR) is 44.5 cm³/mol. The number of nitrogens with one attached hydrogen (secondary N) is 1. The summed E-state index contributed by atoms with van der Waals surface area (Å²) >= 11 is 0. The summed E-state index contributed by atoms with van der Waals surface area (Å²) in [6.45, 7) is 0. The molecule has 0 amide bonds. The highest BCUT2D eigenvalue weighted by molar-refractivity contribution is 7.90. The number of sulfone groups is 1. The molecule has 1 aromatic rings. The van der Waals surface area contributed by atoms with E-state index in [1.807, 2.05) is 6.07 Å². The second kappa shape index (κ2) is 2.57. The van der Waals surface area contributed by atoms with Gasteiger partial charge in [-0.05, 0) is 6.42 Å². The van der Waals surface area contributed by atoms with E-state index >= 15 is 0 Å². The van der Waals surface area contributed by atoms with Crippen LogP contribution < -0.4 is 0 Å². The van der Waals surface area contributed by atoms with Crippen LogP contribution in [0.3, 0.4) is 0 Å². The SMILES string of the molecule is N#Cc1n[nH]c2c1CCS(=O)(=O)C2. The summed E-state index contributed by atoms with van der Waals surface area (Å²) < 4.78 is 22.4. The molecule has 0 spiro atoms. The molecule has 0 saturated heterocycles. The molecule has 68 valence electrons. The maximum Gasteiger partial charge on any atom is 0.165 e. The summed E-state index contributed by atoms with van der Waals surface area (Å²) in [6.07, 6.45) is 0.400. The molecular formula is C7H7N3O2S. The molecule has 1 aromatic heterocycles. The fourth-order valence-electron chi connectivity index (χ4n) is 1.43. The summed E-state index contributed by atoms with van der Waals surface area (Å²) in [6, 6.07) is 1.93. The van der Waals surface area contributed by atoms with Gasteiger partial charge >= 0.3 is 0 Å². The van der Waals surface area contributed by atoms with Crippen molar-refractivity contribution in [3.63, 3.8) is 0 Å². The Hall–Kier alpha value is -1.35. The number of hydrogen-bond donors (Lipinski definition) is 1. The zero-order chi connectivity index (χ0) is 9.47. The van der Waals surface area contributed by atoms with Crippen molar-refractivity contribution in [1.82, 2.24) is 10.2 Å². The number of fused-ring (bicyclic) bond motifs is 1. The monoisotopic (exact) mass is 197 g/mol. The molecule has 0 atom stereocenters. The largest absolute Gasteiger partial charge is 0.280 e. The second-order valence-corrected chi connectivity index (χ2v) is 5.17. The molecule has 6 heteroatoms. The zero-order valence-electron chi connectivity index (χ0n) is 6.74. The van der Waals surface area contributed by atoms with Gasteiger partial charge in [-0.25, -0.2) is 8.42 Å². The van der Waals surface area contributed by atoms with Crippen molar-refractivity contribution in [2.45, 2.75) is 12.2 Å². The number of hydrogen-bond acceptors (Lipinski definition) is 4. The summed E-state index contributed by atoms with van der Waals surface area (Å²) in [4.78, 5) is 0. The van der Waals surface area contributed by atoms with Crippen molar-refractivity contribution in [2.24, 2.45) is 0 Å². The first-order valence-electron chi connectivity index (χ1n) is 3.79. The second-order valence-electron chi connectivity index (χ2n) is 2.98. The van der Waals surface area contributed by atoms with Gasteiger partial charge in [0, 0.05) is 5.56 Å². The molecule has 0 unspecified atom stereocenters. The third-order valence-corrected chi connectivity index (χ3v) is 3.64. The minimum atomic E-state index is -2.97. The lowest BCUT2D eigenvalue weighted by atomic mass is 10.1. The van der Waals surface area contributed by atoms with Crippen LogP contribution in [0.4, 0.5) is 0 Å². The van der Waals surface area contributed by atoms with Crippen LogP contribution in [0, 0.1) is 11.3 Å². The Morgan fingerprint density at radius 1 is 1.54 bits per heavy atom. The molecule has 1 N–H and O–H groups in total. The van der Waals surface area contributed by atoms with Crippen molar-refractivity contribution in [1.29, 1.82) is 5.26 Å². The van der Waals surface area contributed by atoms with Crippen LogP contribution in [0.25, 0.3) is 0 Å². The van der Waals surface area contributed by atoms with Gasteiger partial charge in [-0.1, -0.05) is 0 Å². The third kappa shape index (κ3) is 1.31. The molecule has 1 aliphatic heterocycles. The van der Waals surface area contributed by atoms with E-state index in [9.17, 15) is 8.42 Å². The average molecular weight is 197 g/mol. The van der Waals surface area contributed by atoms with E-state index in [-0.39, 0.29) is 11.5 Å². The van der Waals surface area contributed by atoms with Gasteiger partial charge in [-0.3, -0.25) is 5.10 Å². The van der Waals surface area contributed by atoms with Crippen molar-refractivity contribution in [2.75, 3.05) is 5.75 Å². The molecule has 0 radical (unpaired) electrons. The summed E-state index contributed by atoms with van der Waals surface area (Å²) in [5.41, 5.74) is 1.66. The van der Waals surface area contributed by atoms with E-state index in [1.54, 1.807) is 0 Å². The maximum atomic E-state index is 11.2. The Morgan fingerprint density at radius 3 is 3.00 bits per heavy atom. The van der Waals surface area contributed by atoms with Crippen LogP contribution in [0.2, 0.25) is 0 Å². The number of nitriles is 1. The number of aromatic amines is 1. The van der Waals surface area contributed by atoms with E-state index in [0.29, 0.717) is 17.8 Å². The van der Waals surface area contributed by atoms with Crippen LogP contribution in [-0.4, -0.2) is 24.4 Å². The molecule has 0 aliphatic carbocycles. The molecule has 2 rings (SSSR count). The van der Waals surface area contributed by atoms with Crippen molar-refractivity contribution in [3.05, 3.63) is 17.0 Å². The zero-order valence-corrected chi connectivity index (χ0v) is 7.56. The molecule has 13 heavy (non-hydrogen) atoms. The van der Waals surface area contributed by atoms with Crippen LogP contribution >= 0.6 is 0 Å². The fourth-order valence-corrected chi connectivity index (χ4v) is 2.77. The normalized spacial score (nSPS) is 19.0. The summed E-state index contributed by atoms with van der Waals surface area (Å²) in [5, 5.41) is 14.9. The molecule has 2 heterocycles. The summed E-state index contributed by atoms with van der Waals surface area (Å²) in [5.74, 6) is 0.102. The van der Waals surface area contributed by atoms with Gasteiger partial charge in [0.2, 0.25) is 0 Å². The van der Waals surface area contributed by atoms with Crippen molar-refractivity contribution in [3.8, 4) is 6.07 Å². The highest BCUT2D eigenvalue weighted by Crippen LogP contribution is 2.20. The van der Waals surface area contributed by atoms with E-state index in [4.69, 9.17) is 5.26 Å². The first kappa shape index (κ1) is 8.26. The summed E-state index contributed by atoms with van der Waals surface area (Å²) in [7, 11) is -2.97. The van der Waals surface area contributed by atoms with Crippen molar-refractivity contribution >= 4 is 9.84 Å². The molecule has 0 saturated carbocycles. The molecule has 5 nitrogen and oxygen atoms in total. The standard InChI is InChI=1S/C7H7N3O2S/c8-3-6-5-1-2-13(11,12)4-7(5)10-9-6/h1-2,4H2,(H,9,10). The number of aromatic nitrogens is 2. The van der Waals surface area contributed by atoms with Gasteiger partial charge in [0.15, 0.2) is 15.5 Å². The predicted octanol–water partition coefficient (Wildman–Crippen LogP) is -0.248. The van der Waals surface area contributed by atoms with Crippen LogP contribution in [0.15, 0.2) is 0 Å². The maximum absolute atomic E-state index is 11.2. The van der Waals surface area contributed by atoms with E-state index in [0.717, 1.165) is 5.56 Å². The first-order chi connectivity index (χ1) is 6.12. The lowest BCUT2D eigenvalue weighted by Gasteiger charge is -2.10. The molecule has 0 fully saturated rings. The van der Waals surface area contributed by atoms with Gasteiger partial charge in [-0.2, -0.15) is 10.4 Å². The number of H-pyrrole nitrogens is 1. The minimum Gasteiger partial charge on any atom is -0.280 e. The van der Waals surface area contributed by atoms with E-state index in [2.05, 4.69) is 10.2 Å². The van der Waals surface area contributed by atoms with Crippen molar-refractivity contribution < 1.29 is 8.42 Å². The smallest absolute Gasteiger partial charge is 0.165 e. The molecule has 0 bridgehead atoms. The quantitative estimate of drug-likeness (QED) is 0.621. The van der Waals surface area contributed by atoms with Crippen LogP contribution in [0.5, 0.6) is 0 Å². The van der Waals surface area contributed by atoms with Gasteiger partial charge < -0.3 is 0 Å².